The molecular formula is C24H29BrN4O4. The molecule has 176 valence electrons. The van der Waals surface area contributed by atoms with Crippen LogP contribution in [0.15, 0.2) is 39.9 Å². The molecule has 2 aromatic carbocycles. The normalized spacial score (nSPS) is 10.9. The number of hydrogen-bond donors (Lipinski definition) is 3. The molecule has 0 aromatic heterocycles. The Morgan fingerprint density at radius 3 is 2.36 bits per heavy atom. The van der Waals surface area contributed by atoms with Crippen molar-refractivity contribution in [3.63, 3.8) is 0 Å². The second kappa shape index (κ2) is 12.2. The molecule has 0 aliphatic rings. The number of ether oxygens (including phenoxy) is 1. The summed E-state index contributed by atoms with van der Waals surface area (Å²) in [6, 6.07) is 9.17. The topological polar surface area (TPSA) is 109 Å². The minimum Gasteiger partial charge on any atom is -0.483 e. The molecule has 0 bridgehead atoms. The zero-order valence-electron chi connectivity index (χ0n) is 19.4. The number of anilines is 1. The van der Waals surface area contributed by atoms with E-state index in [1.165, 1.54) is 6.21 Å². The highest BCUT2D eigenvalue weighted by atomic mass is 79.9. The Balaban J connectivity index is 2.00. The first kappa shape index (κ1) is 26.1. The van der Waals surface area contributed by atoms with E-state index in [1.807, 2.05) is 46.8 Å². The fourth-order valence-electron chi connectivity index (χ4n) is 3.04. The average molecular weight is 517 g/mol. The summed E-state index contributed by atoms with van der Waals surface area (Å²) < 4.78 is 6.44. The molecule has 9 heteroatoms. The second-order valence-corrected chi connectivity index (χ2v) is 9.01. The van der Waals surface area contributed by atoms with E-state index in [9.17, 15) is 14.4 Å². The lowest BCUT2D eigenvalue weighted by atomic mass is 10.1. The van der Waals surface area contributed by atoms with Crippen molar-refractivity contribution in [3.8, 4) is 5.75 Å². The van der Waals surface area contributed by atoms with Gasteiger partial charge in [0, 0.05) is 22.3 Å². The third-order valence-corrected chi connectivity index (χ3v) is 5.01. The number of carbonyl (C=O) groups is 3. The monoisotopic (exact) mass is 516 g/mol. The van der Waals surface area contributed by atoms with Crippen molar-refractivity contribution in [3.05, 3.63) is 57.1 Å². The molecule has 2 aromatic rings. The van der Waals surface area contributed by atoms with Crippen LogP contribution in [0.2, 0.25) is 0 Å². The van der Waals surface area contributed by atoms with Crippen LogP contribution >= 0.6 is 15.9 Å². The number of halogens is 1. The number of amides is 3. The van der Waals surface area contributed by atoms with Gasteiger partial charge < -0.3 is 15.4 Å². The number of rotatable bonds is 8. The largest absolute Gasteiger partial charge is 0.483 e. The van der Waals surface area contributed by atoms with Crippen molar-refractivity contribution in [2.45, 2.75) is 34.6 Å². The summed E-state index contributed by atoms with van der Waals surface area (Å²) in [4.78, 5) is 36.0. The minimum atomic E-state index is -0.868. The van der Waals surface area contributed by atoms with Crippen LogP contribution in [-0.4, -0.2) is 37.1 Å². The molecule has 0 unspecified atom stereocenters. The maximum atomic E-state index is 12.5. The fraction of sp³-hybridized carbons (Fsp3) is 0.333. The Hall–Kier alpha value is -3.20. The summed E-state index contributed by atoms with van der Waals surface area (Å²) in [5.41, 5.74) is 6.55. The molecular weight excluding hydrogens is 488 g/mol. The van der Waals surface area contributed by atoms with Crippen molar-refractivity contribution in [1.82, 2.24) is 10.7 Å². The van der Waals surface area contributed by atoms with Crippen LogP contribution in [0.5, 0.6) is 5.75 Å². The van der Waals surface area contributed by atoms with Crippen LogP contribution < -0.4 is 20.8 Å². The lowest BCUT2D eigenvalue weighted by molar-refractivity contribution is -0.139. The Morgan fingerprint density at radius 1 is 1.06 bits per heavy atom. The molecule has 8 nitrogen and oxygen atoms in total. The van der Waals surface area contributed by atoms with Gasteiger partial charge in [-0.15, -0.1) is 0 Å². The van der Waals surface area contributed by atoms with E-state index in [-0.39, 0.29) is 18.4 Å². The van der Waals surface area contributed by atoms with Crippen LogP contribution in [0.1, 0.15) is 36.1 Å². The molecule has 0 saturated heterocycles. The van der Waals surface area contributed by atoms with Gasteiger partial charge in [-0.05, 0) is 56.0 Å². The van der Waals surface area contributed by atoms with E-state index in [2.05, 4.69) is 37.1 Å². The number of carbonyl (C=O) groups excluding carboxylic acids is 3. The third kappa shape index (κ3) is 8.34. The zero-order chi connectivity index (χ0) is 24.5. The van der Waals surface area contributed by atoms with Gasteiger partial charge in [-0.2, -0.15) is 5.10 Å². The number of nitrogens with one attached hydrogen (secondary N) is 3. The number of nitrogens with zero attached hydrogens (tertiary/aromatic N) is 1. The Kier molecular flexibility index (Phi) is 9.59. The van der Waals surface area contributed by atoms with E-state index in [0.717, 1.165) is 26.9 Å². The van der Waals surface area contributed by atoms with Crippen molar-refractivity contribution in [2.75, 3.05) is 18.5 Å². The summed E-state index contributed by atoms with van der Waals surface area (Å²) in [5.74, 6) is -1.31. The fourth-order valence-corrected chi connectivity index (χ4v) is 3.41. The summed E-state index contributed by atoms with van der Waals surface area (Å²) in [5, 5.41) is 9.23. The first-order valence-corrected chi connectivity index (χ1v) is 11.3. The van der Waals surface area contributed by atoms with Gasteiger partial charge in [-0.25, -0.2) is 5.43 Å². The van der Waals surface area contributed by atoms with Gasteiger partial charge in [0.1, 0.15) is 5.75 Å². The highest BCUT2D eigenvalue weighted by Gasteiger charge is 2.13. The number of hydrazone groups is 1. The van der Waals surface area contributed by atoms with Gasteiger partial charge in [0.2, 0.25) is 0 Å². The van der Waals surface area contributed by atoms with E-state index < -0.39 is 11.8 Å². The summed E-state index contributed by atoms with van der Waals surface area (Å²) in [6.07, 6.45) is 1.35. The van der Waals surface area contributed by atoms with Crippen LogP contribution in [0.4, 0.5) is 5.69 Å². The average Bonchev–Trinajstić information content (AvgIpc) is 2.73. The molecule has 0 radical (unpaired) electrons. The van der Waals surface area contributed by atoms with Gasteiger partial charge in [-0.1, -0.05) is 47.5 Å². The second-order valence-electron chi connectivity index (χ2n) is 8.10. The van der Waals surface area contributed by atoms with Gasteiger partial charge in [-0.3, -0.25) is 14.4 Å². The predicted molar refractivity (Wildman–Crippen MR) is 133 cm³/mol. The third-order valence-electron chi connectivity index (χ3n) is 4.52. The maximum Gasteiger partial charge on any atom is 0.329 e. The predicted octanol–water partition coefficient (Wildman–Crippen LogP) is 3.61. The van der Waals surface area contributed by atoms with Gasteiger partial charge in [0.15, 0.2) is 6.61 Å². The molecule has 2 rings (SSSR count). The van der Waals surface area contributed by atoms with E-state index in [4.69, 9.17) is 4.74 Å². The van der Waals surface area contributed by atoms with Crippen molar-refractivity contribution in [2.24, 2.45) is 11.0 Å². The van der Waals surface area contributed by atoms with E-state index in [0.29, 0.717) is 17.9 Å². The summed E-state index contributed by atoms with van der Waals surface area (Å²) in [6.45, 7) is 9.92. The molecule has 0 spiro atoms. The first-order chi connectivity index (χ1) is 15.6. The van der Waals surface area contributed by atoms with E-state index >= 15 is 0 Å². The number of aryl methyl sites for hydroxylation is 3. The molecule has 0 aliphatic heterocycles. The molecule has 3 amide bonds. The zero-order valence-corrected chi connectivity index (χ0v) is 21.0. The van der Waals surface area contributed by atoms with Crippen LogP contribution in [0.3, 0.4) is 0 Å². The van der Waals surface area contributed by atoms with Crippen molar-refractivity contribution in [1.29, 1.82) is 0 Å². The van der Waals surface area contributed by atoms with Crippen molar-refractivity contribution < 1.29 is 19.1 Å². The quantitative estimate of drug-likeness (QED) is 0.282. The number of benzene rings is 2. The lowest BCUT2D eigenvalue weighted by Crippen LogP contribution is -2.39. The summed E-state index contributed by atoms with van der Waals surface area (Å²) >= 11 is 3.37. The Labute approximate surface area is 202 Å². The number of hydrogen-bond acceptors (Lipinski definition) is 5. The SMILES string of the molecule is Cc1cc(C)c(NC(=O)COc2ccc(Br)cc2/C=N\NC(=O)C(=O)NCC(C)C)c(C)c1. The molecule has 0 atom stereocenters. The molecule has 0 fully saturated rings. The van der Waals surface area contributed by atoms with E-state index in [1.54, 1.807) is 18.2 Å². The van der Waals surface area contributed by atoms with Gasteiger partial charge >= 0.3 is 11.8 Å². The standard InChI is InChI=1S/C24H29BrN4O4/c1-14(2)11-26-23(31)24(32)29-27-12-18-10-19(25)6-7-20(18)33-13-21(30)28-22-16(4)8-15(3)9-17(22)5/h6-10,12,14H,11,13H2,1-5H3,(H,26,31)(H,28,30)(H,29,32)/b27-12-. The molecule has 0 heterocycles. The van der Waals surface area contributed by atoms with Gasteiger partial charge in [0.05, 0.1) is 6.21 Å². The Bertz CT molecular complexity index is 1040. The van der Waals surface area contributed by atoms with Crippen molar-refractivity contribution >= 4 is 45.6 Å². The Morgan fingerprint density at radius 2 is 1.73 bits per heavy atom. The molecule has 0 aliphatic carbocycles. The van der Waals surface area contributed by atoms with Gasteiger partial charge in [0.25, 0.3) is 5.91 Å². The van der Waals surface area contributed by atoms with Crippen LogP contribution in [0, 0.1) is 26.7 Å². The molecule has 0 saturated carbocycles. The highest BCUT2D eigenvalue weighted by Crippen LogP contribution is 2.23. The highest BCUT2D eigenvalue weighted by molar-refractivity contribution is 9.10. The van der Waals surface area contributed by atoms with Crippen LogP contribution in [0.25, 0.3) is 0 Å². The smallest absolute Gasteiger partial charge is 0.329 e. The maximum absolute atomic E-state index is 12.5. The molecule has 3 N–H and O–H groups in total. The summed E-state index contributed by atoms with van der Waals surface area (Å²) in [7, 11) is 0. The molecule has 33 heavy (non-hydrogen) atoms. The minimum absolute atomic E-state index is 0.209. The lowest BCUT2D eigenvalue weighted by Gasteiger charge is -2.14. The first-order valence-electron chi connectivity index (χ1n) is 10.5. The van der Waals surface area contributed by atoms with Crippen LogP contribution in [-0.2, 0) is 14.4 Å².